The largest absolute Gasteiger partial charge is 0.212 e. The molecule has 0 spiro atoms. The van der Waals surface area contributed by atoms with E-state index in [1.807, 2.05) is 42.5 Å². The molecule has 1 rings (SSSR count). The van der Waals surface area contributed by atoms with E-state index in [0.717, 1.165) is 18.4 Å². The van der Waals surface area contributed by atoms with Gasteiger partial charge < -0.3 is 0 Å². The zero-order valence-electron chi connectivity index (χ0n) is 9.40. The quantitative estimate of drug-likeness (QED) is 0.468. The molecule has 0 unspecified atom stereocenters. The van der Waals surface area contributed by atoms with Crippen molar-refractivity contribution in [1.82, 2.24) is 0 Å². The van der Waals surface area contributed by atoms with Crippen molar-refractivity contribution in [3.8, 4) is 0 Å². The summed E-state index contributed by atoms with van der Waals surface area (Å²) in [5.74, 6) is -0.0572. The van der Waals surface area contributed by atoms with E-state index in [4.69, 9.17) is 0 Å². The summed E-state index contributed by atoms with van der Waals surface area (Å²) in [6, 6.07) is 9.54. The monoisotopic (exact) mass is 216 g/mol. The number of hydrogen-bond donors (Lipinski definition) is 0. The molecule has 0 N–H and O–H groups in total. The van der Waals surface area contributed by atoms with Gasteiger partial charge in [-0.25, -0.2) is 4.39 Å². The predicted octanol–water partition coefficient (Wildman–Crippen LogP) is 4.91. The molecule has 0 heterocycles. The van der Waals surface area contributed by atoms with Gasteiger partial charge in [0.05, 0.1) is 0 Å². The van der Waals surface area contributed by atoms with E-state index in [1.54, 1.807) is 12.2 Å². The normalized spacial score (nSPS) is 11.9. The number of halogens is 1. The highest BCUT2D eigenvalue weighted by Crippen LogP contribution is 2.13. The standard InChI is InChI=1S/C15H17F/c1-2-3-4-5-9-12-15(16)13-14-10-7-6-8-11-14/h2-4,6-8,10-11,13H,1,5,9,12H2/b4-3+,15-13-. The van der Waals surface area contributed by atoms with E-state index in [9.17, 15) is 4.39 Å². The summed E-state index contributed by atoms with van der Waals surface area (Å²) in [5.41, 5.74) is 0.918. The average Bonchev–Trinajstić information content (AvgIpc) is 2.30. The van der Waals surface area contributed by atoms with Crippen molar-refractivity contribution in [2.45, 2.75) is 19.3 Å². The van der Waals surface area contributed by atoms with Crippen LogP contribution in [0.3, 0.4) is 0 Å². The first-order chi connectivity index (χ1) is 7.83. The fourth-order valence-corrected chi connectivity index (χ4v) is 1.38. The maximum absolute atomic E-state index is 13.4. The van der Waals surface area contributed by atoms with E-state index in [-0.39, 0.29) is 5.83 Å². The van der Waals surface area contributed by atoms with Gasteiger partial charge in [0.15, 0.2) is 0 Å². The van der Waals surface area contributed by atoms with Gasteiger partial charge >= 0.3 is 0 Å². The van der Waals surface area contributed by atoms with Gasteiger partial charge in [-0.15, -0.1) is 0 Å². The summed E-state index contributed by atoms with van der Waals surface area (Å²) in [6.07, 6.45) is 9.44. The van der Waals surface area contributed by atoms with Crippen LogP contribution in [0.4, 0.5) is 4.39 Å². The van der Waals surface area contributed by atoms with Gasteiger partial charge in [-0.05, 0) is 30.9 Å². The Labute approximate surface area is 96.8 Å². The van der Waals surface area contributed by atoms with Crippen LogP contribution in [0.15, 0.2) is 61.0 Å². The Balaban J connectivity index is 2.35. The molecular weight excluding hydrogens is 199 g/mol. The third kappa shape index (κ3) is 5.30. The minimum atomic E-state index is -0.0572. The van der Waals surface area contributed by atoms with Gasteiger partial charge in [0.2, 0.25) is 0 Å². The van der Waals surface area contributed by atoms with Gasteiger partial charge in [0, 0.05) is 0 Å². The zero-order chi connectivity index (χ0) is 11.6. The van der Waals surface area contributed by atoms with Crippen LogP contribution >= 0.6 is 0 Å². The second kappa shape index (κ2) is 7.63. The molecule has 0 fully saturated rings. The van der Waals surface area contributed by atoms with Crippen molar-refractivity contribution >= 4 is 6.08 Å². The van der Waals surface area contributed by atoms with Gasteiger partial charge in [0.1, 0.15) is 5.83 Å². The maximum Gasteiger partial charge on any atom is 0.101 e. The summed E-state index contributed by atoms with van der Waals surface area (Å²) < 4.78 is 13.4. The first-order valence-electron chi connectivity index (χ1n) is 5.51. The first-order valence-corrected chi connectivity index (χ1v) is 5.51. The number of allylic oxidation sites excluding steroid dienone is 4. The maximum atomic E-state index is 13.4. The summed E-state index contributed by atoms with van der Waals surface area (Å²) >= 11 is 0. The highest BCUT2D eigenvalue weighted by atomic mass is 19.1. The summed E-state index contributed by atoms with van der Waals surface area (Å²) in [5, 5.41) is 0. The Kier molecular flexibility index (Phi) is 5.94. The van der Waals surface area contributed by atoms with Crippen LogP contribution in [0.25, 0.3) is 6.08 Å². The van der Waals surface area contributed by atoms with E-state index >= 15 is 0 Å². The minimum absolute atomic E-state index is 0.0572. The van der Waals surface area contributed by atoms with E-state index in [1.165, 1.54) is 0 Å². The van der Waals surface area contributed by atoms with Crippen LogP contribution in [0, 0.1) is 0 Å². The molecule has 0 saturated carbocycles. The van der Waals surface area contributed by atoms with Crippen molar-refractivity contribution in [3.63, 3.8) is 0 Å². The van der Waals surface area contributed by atoms with Crippen molar-refractivity contribution in [3.05, 3.63) is 66.5 Å². The topological polar surface area (TPSA) is 0 Å². The second-order valence-corrected chi connectivity index (χ2v) is 3.56. The first kappa shape index (κ1) is 12.4. The molecule has 84 valence electrons. The molecule has 1 aromatic rings. The molecule has 0 bridgehead atoms. The van der Waals surface area contributed by atoms with Crippen LogP contribution < -0.4 is 0 Å². The highest BCUT2D eigenvalue weighted by molar-refractivity contribution is 5.50. The molecular formula is C15H17F. The van der Waals surface area contributed by atoms with E-state index in [0.29, 0.717) is 6.42 Å². The molecule has 16 heavy (non-hydrogen) atoms. The molecule has 0 aromatic heterocycles. The second-order valence-electron chi connectivity index (χ2n) is 3.56. The van der Waals surface area contributed by atoms with Crippen LogP contribution in [0.2, 0.25) is 0 Å². The van der Waals surface area contributed by atoms with Crippen molar-refractivity contribution in [2.24, 2.45) is 0 Å². The highest BCUT2D eigenvalue weighted by Gasteiger charge is 1.94. The summed E-state index contributed by atoms with van der Waals surface area (Å²) in [7, 11) is 0. The predicted molar refractivity (Wildman–Crippen MR) is 68.7 cm³/mol. The SMILES string of the molecule is C=C/C=C/CCC/C(F)=C/c1ccccc1. The molecule has 0 saturated heterocycles. The average molecular weight is 216 g/mol. The van der Waals surface area contributed by atoms with Gasteiger partial charge in [-0.3, -0.25) is 0 Å². The molecule has 0 aliphatic heterocycles. The van der Waals surface area contributed by atoms with Crippen LogP contribution in [0.1, 0.15) is 24.8 Å². The van der Waals surface area contributed by atoms with Crippen molar-refractivity contribution in [1.29, 1.82) is 0 Å². The zero-order valence-corrected chi connectivity index (χ0v) is 9.40. The lowest BCUT2D eigenvalue weighted by atomic mass is 10.1. The number of unbranched alkanes of at least 4 members (excludes halogenated alkanes) is 1. The summed E-state index contributed by atoms with van der Waals surface area (Å²) in [4.78, 5) is 0. The molecule has 0 aliphatic rings. The van der Waals surface area contributed by atoms with E-state index < -0.39 is 0 Å². The molecule has 0 nitrogen and oxygen atoms in total. The lowest BCUT2D eigenvalue weighted by Gasteiger charge is -1.96. The molecule has 1 aromatic carbocycles. The van der Waals surface area contributed by atoms with Crippen LogP contribution in [-0.2, 0) is 0 Å². The number of benzene rings is 1. The lowest BCUT2D eigenvalue weighted by Crippen LogP contribution is -1.77. The molecule has 0 atom stereocenters. The Morgan fingerprint density at radius 1 is 1.25 bits per heavy atom. The van der Waals surface area contributed by atoms with Crippen molar-refractivity contribution < 1.29 is 4.39 Å². The Bertz CT molecular complexity index is 360. The molecule has 0 amide bonds. The fourth-order valence-electron chi connectivity index (χ4n) is 1.38. The number of hydrogen-bond acceptors (Lipinski definition) is 0. The fraction of sp³-hybridized carbons (Fsp3) is 0.200. The Morgan fingerprint density at radius 3 is 2.69 bits per heavy atom. The third-order valence-corrected chi connectivity index (χ3v) is 2.18. The van der Waals surface area contributed by atoms with Crippen LogP contribution in [-0.4, -0.2) is 0 Å². The Hall–Kier alpha value is -1.63. The van der Waals surface area contributed by atoms with Crippen molar-refractivity contribution in [2.75, 3.05) is 0 Å². The van der Waals surface area contributed by atoms with Gasteiger partial charge in [0.25, 0.3) is 0 Å². The molecule has 0 aliphatic carbocycles. The van der Waals surface area contributed by atoms with Gasteiger partial charge in [-0.1, -0.05) is 55.1 Å². The third-order valence-electron chi connectivity index (χ3n) is 2.18. The number of rotatable bonds is 6. The molecule has 1 heteroatoms. The van der Waals surface area contributed by atoms with Crippen LogP contribution in [0.5, 0.6) is 0 Å². The lowest BCUT2D eigenvalue weighted by molar-refractivity contribution is 0.583. The van der Waals surface area contributed by atoms with E-state index in [2.05, 4.69) is 6.58 Å². The van der Waals surface area contributed by atoms with Gasteiger partial charge in [-0.2, -0.15) is 0 Å². The summed E-state index contributed by atoms with van der Waals surface area (Å²) in [6.45, 7) is 3.58. The smallest absolute Gasteiger partial charge is 0.101 e. The molecule has 0 radical (unpaired) electrons. The minimum Gasteiger partial charge on any atom is -0.212 e. The Morgan fingerprint density at radius 2 is 2.00 bits per heavy atom.